The molecule has 144 valence electrons. The van der Waals surface area contributed by atoms with Gasteiger partial charge < -0.3 is 14.4 Å². The second kappa shape index (κ2) is 9.42. The van der Waals surface area contributed by atoms with E-state index in [1.165, 1.54) is 12.7 Å². The van der Waals surface area contributed by atoms with Crippen molar-refractivity contribution in [1.82, 2.24) is 4.90 Å². The third kappa shape index (κ3) is 5.01. The van der Waals surface area contributed by atoms with Gasteiger partial charge >= 0.3 is 5.97 Å². The highest BCUT2D eigenvalue weighted by molar-refractivity contribution is 5.70. The van der Waals surface area contributed by atoms with E-state index >= 15 is 0 Å². The second-order valence-corrected chi connectivity index (χ2v) is 6.85. The van der Waals surface area contributed by atoms with Crippen LogP contribution in [0.15, 0.2) is 54.6 Å². The van der Waals surface area contributed by atoms with Crippen LogP contribution in [-0.4, -0.2) is 57.8 Å². The van der Waals surface area contributed by atoms with E-state index in [1.807, 2.05) is 36.4 Å². The number of hydrogen-bond donors (Lipinski definition) is 0. The molecule has 3 rings (SSSR count). The largest absolute Gasteiger partial charge is 0.495 e. The van der Waals surface area contributed by atoms with Crippen molar-refractivity contribution in [3.63, 3.8) is 0 Å². The summed E-state index contributed by atoms with van der Waals surface area (Å²) in [5.41, 5.74) is 2.34. The normalized spacial score (nSPS) is 16.0. The lowest BCUT2D eigenvalue weighted by molar-refractivity contribution is -0.141. The van der Waals surface area contributed by atoms with Crippen LogP contribution in [0.2, 0.25) is 0 Å². The summed E-state index contributed by atoms with van der Waals surface area (Å²) in [6.45, 7) is 4.67. The predicted molar refractivity (Wildman–Crippen MR) is 107 cm³/mol. The minimum Gasteiger partial charge on any atom is -0.495 e. The van der Waals surface area contributed by atoms with Crippen molar-refractivity contribution in [1.29, 1.82) is 0 Å². The molecule has 0 N–H and O–H groups in total. The van der Waals surface area contributed by atoms with Gasteiger partial charge in [-0.05, 0) is 17.7 Å². The molecule has 0 spiro atoms. The molecule has 0 bridgehead atoms. The Balaban J connectivity index is 1.63. The summed E-state index contributed by atoms with van der Waals surface area (Å²) in [5.74, 6) is 0.909. The summed E-state index contributed by atoms with van der Waals surface area (Å²) in [7, 11) is 3.17. The monoisotopic (exact) mass is 368 g/mol. The van der Waals surface area contributed by atoms with Crippen LogP contribution in [0.4, 0.5) is 5.69 Å². The van der Waals surface area contributed by atoms with E-state index in [0.29, 0.717) is 6.42 Å². The number of piperazine rings is 1. The standard InChI is InChI=1S/C22H28N2O3/c1-26-21-11-7-6-10-20(21)24-14-12-23(13-15-24)17-19(16-22(25)27-2)18-8-4-3-5-9-18/h3-11,19H,12-17H2,1-2H3. The Hall–Kier alpha value is -2.53. The molecular weight excluding hydrogens is 340 g/mol. The molecule has 0 radical (unpaired) electrons. The fourth-order valence-electron chi connectivity index (χ4n) is 3.67. The second-order valence-electron chi connectivity index (χ2n) is 6.85. The molecule has 0 saturated carbocycles. The van der Waals surface area contributed by atoms with Crippen LogP contribution in [0, 0.1) is 0 Å². The summed E-state index contributed by atoms with van der Waals surface area (Å²) in [4.78, 5) is 16.7. The Morgan fingerprint density at radius 1 is 0.963 bits per heavy atom. The minimum atomic E-state index is -0.156. The Morgan fingerprint density at radius 3 is 2.30 bits per heavy atom. The van der Waals surface area contributed by atoms with Gasteiger partial charge in [-0.15, -0.1) is 0 Å². The SMILES string of the molecule is COC(=O)CC(CN1CCN(c2ccccc2OC)CC1)c1ccccc1. The number of ether oxygens (including phenoxy) is 2. The molecule has 0 aromatic heterocycles. The van der Waals surface area contributed by atoms with Crippen molar-refractivity contribution in [3.8, 4) is 5.75 Å². The van der Waals surface area contributed by atoms with E-state index in [-0.39, 0.29) is 11.9 Å². The average molecular weight is 368 g/mol. The van der Waals surface area contributed by atoms with E-state index in [4.69, 9.17) is 9.47 Å². The van der Waals surface area contributed by atoms with E-state index < -0.39 is 0 Å². The van der Waals surface area contributed by atoms with Gasteiger partial charge in [0.2, 0.25) is 0 Å². The van der Waals surface area contributed by atoms with Gasteiger partial charge in [0.25, 0.3) is 0 Å². The van der Waals surface area contributed by atoms with Gasteiger partial charge in [-0.25, -0.2) is 0 Å². The molecule has 2 aromatic rings. The third-order valence-corrected chi connectivity index (χ3v) is 5.19. The molecule has 1 heterocycles. The summed E-state index contributed by atoms with van der Waals surface area (Å²) in [6, 6.07) is 18.4. The Morgan fingerprint density at radius 2 is 1.63 bits per heavy atom. The smallest absolute Gasteiger partial charge is 0.306 e. The van der Waals surface area contributed by atoms with Gasteiger partial charge in [-0.2, -0.15) is 0 Å². The maximum absolute atomic E-state index is 11.9. The molecule has 1 atom stereocenters. The van der Waals surface area contributed by atoms with Gasteiger partial charge in [0, 0.05) is 38.6 Å². The molecule has 1 saturated heterocycles. The summed E-state index contributed by atoms with van der Waals surface area (Å²) >= 11 is 0. The minimum absolute atomic E-state index is 0.150. The lowest BCUT2D eigenvalue weighted by atomic mass is 9.95. The van der Waals surface area contributed by atoms with E-state index in [0.717, 1.165) is 44.2 Å². The molecule has 5 heteroatoms. The maximum atomic E-state index is 11.9. The van der Waals surface area contributed by atoms with Crippen molar-refractivity contribution >= 4 is 11.7 Å². The molecule has 1 fully saturated rings. The average Bonchev–Trinajstić information content (AvgIpc) is 2.74. The highest BCUT2D eigenvalue weighted by atomic mass is 16.5. The van der Waals surface area contributed by atoms with Crippen molar-refractivity contribution in [2.75, 3.05) is 51.8 Å². The number of hydrogen-bond acceptors (Lipinski definition) is 5. The van der Waals surface area contributed by atoms with Gasteiger partial charge in [0.1, 0.15) is 5.75 Å². The van der Waals surface area contributed by atoms with Gasteiger partial charge in [-0.3, -0.25) is 9.69 Å². The highest BCUT2D eigenvalue weighted by Crippen LogP contribution is 2.29. The molecule has 0 aliphatic carbocycles. The van der Waals surface area contributed by atoms with E-state index in [9.17, 15) is 4.79 Å². The van der Waals surface area contributed by atoms with E-state index in [2.05, 4.69) is 28.0 Å². The lowest BCUT2D eigenvalue weighted by Crippen LogP contribution is -2.47. The van der Waals surface area contributed by atoms with Crippen LogP contribution >= 0.6 is 0 Å². The zero-order valence-electron chi connectivity index (χ0n) is 16.1. The number of para-hydroxylation sites is 2. The fourth-order valence-corrected chi connectivity index (χ4v) is 3.67. The number of esters is 1. The molecule has 1 aliphatic rings. The number of anilines is 1. The zero-order chi connectivity index (χ0) is 19.1. The van der Waals surface area contributed by atoms with Crippen molar-refractivity contribution < 1.29 is 14.3 Å². The zero-order valence-corrected chi connectivity index (χ0v) is 16.1. The van der Waals surface area contributed by atoms with Crippen LogP contribution < -0.4 is 9.64 Å². The molecule has 1 aliphatic heterocycles. The number of nitrogens with zero attached hydrogens (tertiary/aromatic N) is 2. The fraction of sp³-hybridized carbons (Fsp3) is 0.409. The summed E-state index contributed by atoms with van der Waals surface area (Å²) in [5, 5.41) is 0. The molecule has 0 amide bonds. The maximum Gasteiger partial charge on any atom is 0.306 e. The molecule has 27 heavy (non-hydrogen) atoms. The molecule has 5 nitrogen and oxygen atoms in total. The summed E-state index contributed by atoms with van der Waals surface area (Å²) < 4.78 is 10.4. The number of carbonyl (C=O) groups excluding carboxylic acids is 1. The number of benzene rings is 2. The number of methoxy groups -OCH3 is 2. The predicted octanol–water partition coefficient (Wildman–Crippen LogP) is 3.16. The quantitative estimate of drug-likeness (QED) is 0.702. The first-order chi connectivity index (χ1) is 13.2. The van der Waals surface area contributed by atoms with Crippen LogP contribution in [0.3, 0.4) is 0 Å². The molecular formula is C22H28N2O3. The van der Waals surface area contributed by atoms with Crippen molar-refractivity contribution in [3.05, 3.63) is 60.2 Å². The Kier molecular flexibility index (Phi) is 6.71. The highest BCUT2D eigenvalue weighted by Gasteiger charge is 2.24. The third-order valence-electron chi connectivity index (χ3n) is 5.19. The number of carbonyl (C=O) groups is 1. The molecule has 2 aromatic carbocycles. The first-order valence-electron chi connectivity index (χ1n) is 9.43. The first-order valence-corrected chi connectivity index (χ1v) is 9.43. The molecule has 1 unspecified atom stereocenters. The van der Waals surface area contributed by atoms with Crippen LogP contribution in [0.25, 0.3) is 0 Å². The topological polar surface area (TPSA) is 42.0 Å². The first kappa shape index (κ1) is 19.2. The van der Waals surface area contributed by atoms with Gasteiger partial charge in [0.05, 0.1) is 26.3 Å². The number of rotatable bonds is 7. The van der Waals surface area contributed by atoms with Crippen molar-refractivity contribution in [2.45, 2.75) is 12.3 Å². The van der Waals surface area contributed by atoms with E-state index in [1.54, 1.807) is 7.11 Å². The lowest BCUT2D eigenvalue weighted by Gasteiger charge is -2.38. The van der Waals surface area contributed by atoms with Crippen LogP contribution in [0.5, 0.6) is 5.75 Å². The van der Waals surface area contributed by atoms with Crippen LogP contribution in [-0.2, 0) is 9.53 Å². The van der Waals surface area contributed by atoms with Crippen LogP contribution in [0.1, 0.15) is 17.9 Å². The Labute approximate surface area is 161 Å². The van der Waals surface area contributed by atoms with Gasteiger partial charge in [0.15, 0.2) is 0 Å². The summed E-state index contributed by atoms with van der Waals surface area (Å²) in [6.07, 6.45) is 0.410. The Bertz CT molecular complexity index is 727. The van der Waals surface area contributed by atoms with Gasteiger partial charge in [-0.1, -0.05) is 42.5 Å². The van der Waals surface area contributed by atoms with Crippen molar-refractivity contribution in [2.24, 2.45) is 0 Å².